The highest BCUT2D eigenvalue weighted by Gasteiger charge is 2.41. The van der Waals surface area contributed by atoms with Gasteiger partial charge in [0.15, 0.2) is 5.13 Å². The van der Waals surface area contributed by atoms with Crippen molar-refractivity contribution in [1.29, 1.82) is 0 Å². The maximum absolute atomic E-state index is 12.2. The van der Waals surface area contributed by atoms with Crippen molar-refractivity contribution in [3.8, 4) is 0 Å². The predicted molar refractivity (Wildman–Crippen MR) is 82.1 cm³/mol. The fraction of sp³-hybridized carbons (Fsp3) is 0.714. The zero-order valence-corrected chi connectivity index (χ0v) is 12.7. The summed E-state index contributed by atoms with van der Waals surface area (Å²) in [5, 5.41) is 7.09. The van der Waals surface area contributed by atoms with Gasteiger partial charge in [0, 0.05) is 12.6 Å². The zero-order valence-electron chi connectivity index (χ0n) is 11.9. The van der Waals surface area contributed by atoms with Crippen molar-refractivity contribution in [1.82, 2.24) is 10.3 Å². The molecule has 6 heteroatoms. The summed E-state index contributed by atoms with van der Waals surface area (Å²) in [4.78, 5) is 17.0. The molecule has 1 aromatic rings. The van der Waals surface area contributed by atoms with Crippen LogP contribution in [-0.4, -0.2) is 23.5 Å². The molecule has 0 unspecified atom stereocenters. The highest BCUT2D eigenvalue weighted by atomic mass is 32.1. The molecule has 5 nitrogen and oxygen atoms in total. The number of thiazole rings is 1. The Bertz CT molecular complexity index is 505. The van der Waals surface area contributed by atoms with Gasteiger partial charge < -0.3 is 16.4 Å². The average Bonchev–Trinajstić information content (AvgIpc) is 3.31. The summed E-state index contributed by atoms with van der Waals surface area (Å²) >= 11 is 1.36. The lowest BCUT2D eigenvalue weighted by Crippen LogP contribution is -2.30. The third-order valence-electron chi connectivity index (χ3n) is 4.13. The van der Waals surface area contributed by atoms with Crippen molar-refractivity contribution in [2.24, 2.45) is 5.41 Å². The molecular weight excluding hydrogens is 272 g/mol. The molecule has 0 saturated heterocycles. The first-order valence-electron chi connectivity index (χ1n) is 7.43. The molecule has 1 aromatic heterocycles. The van der Waals surface area contributed by atoms with E-state index in [4.69, 9.17) is 5.73 Å². The molecule has 0 bridgehead atoms. The summed E-state index contributed by atoms with van der Waals surface area (Å²) in [7, 11) is 0. The van der Waals surface area contributed by atoms with Crippen LogP contribution in [0.1, 0.15) is 55.1 Å². The Kier molecular flexibility index (Phi) is 3.58. The van der Waals surface area contributed by atoms with Gasteiger partial charge in [-0.2, -0.15) is 0 Å². The highest BCUT2D eigenvalue weighted by Crippen LogP contribution is 2.49. The van der Waals surface area contributed by atoms with Gasteiger partial charge in [-0.3, -0.25) is 4.79 Å². The Morgan fingerprint density at radius 2 is 2.25 bits per heavy atom. The van der Waals surface area contributed by atoms with Crippen LogP contribution in [0.4, 0.5) is 10.9 Å². The second kappa shape index (κ2) is 5.24. The zero-order chi connectivity index (χ0) is 14.2. The summed E-state index contributed by atoms with van der Waals surface area (Å²) in [6.07, 6.45) is 7.19. The fourth-order valence-electron chi connectivity index (χ4n) is 2.53. The summed E-state index contributed by atoms with van der Waals surface area (Å²) in [5.74, 6) is 0.266. The maximum Gasteiger partial charge on any atom is 0.265 e. The minimum absolute atomic E-state index is 0.0776. The van der Waals surface area contributed by atoms with Crippen LogP contribution in [0.5, 0.6) is 0 Å². The van der Waals surface area contributed by atoms with Gasteiger partial charge in [-0.05, 0) is 37.5 Å². The van der Waals surface area contributed by atoms with E-state index < -0.39 is 0 Å². The van der Waals surface area contributed by atoms with E-state index in [0.717, 1.165) is 11.7 Å². The molecule has 110 valence electrons. The number of anilines is 2. The van der Waals surface area contributed by atoms with Crippen LogP contribution >= 0.6 is 11.3 Å². The standard InChI is InChI=1S/C14H22N4OS/c1-2-5-14(6-7-14)8-16-12(19)10-11(15)18-13(20-10)17-9-3-4-9/h9H,2-8,15H2,1H3,(H,16,19)(H,17,18). The van der Waals surface area contributed by atoms with Crippen molar-refractivity contribution in [2.75, 3.05) is 17.6 Å². The Balaban J connectivity index is 1.57. The highest BCUT2D eigenvalue weighted by molar-refractivity contribution is 7.18. The van der Waals surface area contributed by atoms with Crippen molar-refractivity contribution >= 4 is 28.2 Å². The molecule has 0 aliphatic heterocycles. The van der Waals surface area contributed by atoms with Crippen molar-refractivity contribution in [2.45, 2.75) is 51.5 Å². The van der Waals surface area contributed by atoms with Crippen LogP contribution in [0, 0.1) is 5.41 Å². The van der Waals surface area contributed by atoms with Crippen molar-refractivity contribution < 1.29 is 4.79 Å². The summed E-state index contributed by atoms with van der Waals surface area (Å²) < 4.78 is 0. The maximum atomic E-state index is 12.2. The average molecular weight is 294 g/mol. The Morgan fingerprint density at radius 1 is 1.50 bits per heavy atom. The minimum atomic E-state index is -0.0776. The number of hydrogen-bond acceptors (Lipinski definition) is 5. The minimum Gasteiger partial charge on any atom is -0.382 e. The molecule has 0 aromatic carbocycles. The molecule has 0 spiro atoms. The Labute approximate surface area is 123 Å². The molecule has 4 N–H and O–H groups in total. The smallest absolute Gasteiger partial charge is 0.265 e. The number of hydrogen-bond donors (Lipinski definition) is 3. The van der Waals surface area contributed by atoms with Crippen LogP contribution in [0.15, 0.2) is 0 Å². The Morgan fingerprint density at radius 3 is 2.85 bits per heavy atom. The summed E-state index contributed by atoms with van der Waals surface area (Å²) in [6, 6.07) is 0.524. The molecule has 0 atom stereocenters. The van der Waals surface area contributed by atoms with Gasteiger partial charge in [-0.25, -0.2) is 4.98 Å². The van der Waals surface area contributed by atoms with E-state index in [0.29, 0.717) is 22.2 Å². The van der Waals surface area contributed by atoms with Crippen LogP contribution < -0.4 is 16.4 Å². The van der Waals surface area contributed by atoms with Crippen LogP contribution in [0.2, 0.25) is 0 Å². The molecule has 1 amide bonds. The first kappa shape index (κ1) is 13.7. The molecule has 2 aliphatic rings. The molecule has 1 heterocycles. The molecule has 3 rings (SSSR count). The van der Waals surface area contributed by atoms with Crippen LogP contribution in [0.3, 0.4) is 0 Å². The number of amides is 1. The van der Waals surface area contributed by atoms with Crippen molar-refractivity contribution in [3.05, 3.63) is 4.88 Å². The normalized spacial score (nSPS) is 19.6. The van der Waals surface area contributed by atoms with Gasteiger partial charge in [0.25, 0.3) is 5.91 Å². The van der Waals surface area contributed by atoms with Crippen molar-refractivity contribution in [3.63, 3.8) is 0 Å². The molecule has 2 saturated carbocycles. The largest absolute Gasteiger partial charge is 0.382 e. The monoisotopic (exact) mass is 294 g/mol. The van der Waals surface area contributed by atoms with Gasteiger partial charge in [-0.15, -0.1) is 0 Å². The lowest BCUT2D eigenvalue weighted by atomic mass is 10.0. The van der Waals surface area contributed by atoms with E-state index in [1.165, 1.54) is 49.9 Å². The van der Waals surface area contributed by atoms with Gasteiger partial charge in [0.05, 0.1) is 0 Å². The number of nitrogen functional groups attached to an aromatic ring is 1. The van der Waals surface area contributed by atoms with Gasteiger partial charge in [0.2, 0.25) is 0 Å². The quantitative estimate of drug-likeness (QED) is 0.722. The lowest BCUT2D eigenvalue weighted by Gasteiger charge is -2.14. The third-order valence-corrected chi connectivity index (χ3v) is 5.13. The second-order valence-corrected chi connectivity index (χ2v) is 7.08. The van der Waals surface area contributed by atoms with E-state index in [2.05, 4.69) is 22.5 Å². The van der Waals surface area contributed by atoms with E-state index >= 15 is 0 Å². The fourth-order valence-corrected chi connectivity index (χ4v) is 3.41. The lowest BCUT2D eigenvalue weighted by molar-refractivity contribution is 0.0948. The third kappa shape index (κ3) is 3.06. The number of nitrogens with zero attached hydrogens (tertiary/aromatic N) is 1. The molecule has 20 heavy (non-hydrogen) atoms. The number of carbonyl (C=O) groups is 1. The number of nitrogens with one attached hydrogen (secondary N) is 2. The summed E-state index contributed by atoms with van der Waals surface area (Å²) in [6.45, 7) is 2.96. The van der Waals surface area contributed by atoms with Gasteiger partial charge in [0.1, 0.15) is 10.7 Å². The topological polar surface area (TPSA) is 80.0 Å². The molecular formula is C14H22N4OS. The molecule has 2 fully saturated rings. The Hall–Kier alpha value is -1.30. The van der Waals surface area contributed by atoms with Gasteiger partial charge in [-0.1, -0.05) is 24.7 Å². The van der Waals surface area contributed by atoms with E-state index in [9.17, 15) is 4.79 Å². The predicted octanol–water partition coefficient (Wildman–Crippen LogP) is 2.61. The van der Waals surface area contributed by atoms with Crippen LogP contribution in [0.25, 0.3) is 0 Å². The second-order valence-electron chi connectivity index (χ2n) is 6.08. The summed E-state index contributed by atoms with van der Waals surface area (Å²) in [5.41, 5.74) is 6.21. The van der Waals surface area contributed by atoms with Crippen LogP contribution in [-0.2, 0) is 0 Å². The number of rotatable bonds is 7. The number of aromatic nitrogens is 1. The number of nitrogens with two attached hydrogens (primary N) is 1. The first-order valence-corrected chi connectivity index (χ1v) is 8.24. The SMILES string of the molecule is CCCC1(CNC(=O)c2sc(NC3CC3)nc2N)CC1. The number of carbonyl (C=O) groups excluding carboxylic acids is 1. The van der Waals surface area contributed by atoms with E-state index in [1.807, 2.05) is 0 Å². The molecule has 2 aliphatic carbocycles. The molecule has 0 radical (unpaired) electrons. The van der Waals surface area contributed by atoms with E-state index in [1.54, 1.807) is 0 Å². The first-order chi connectivity index (χ1) is 9.62. The van der Waals surface area contributed by atoms with Gasteiger partial charge >= 0.3 is 0 Å². The van der Waals surface area contributed by atoms with E-state index in [-0.39, 0.29) is 5.91 Å².